The van der Waals surface area contributed by atoms with Crippen LogP contribution >= 0.6 is 7.82 Å². The minimum atomic E-state index is -4.63. The zero-order chi connectivity index (χ0) is 47.1. The molecular formula is C54H100NO8P. The predicted molar refractivity (Wildman–Crippen MR) is 268 cm³/mol. The van der Waals surface area contributed by atoms with Gasteiger partial charge in [0.25, 0.3) is 7.82 Å². The third-order valence-electron chi connectivity index (χ3n) is 11.3. The second-order valence-corrected chi connectivity index (χ2v) is 20.3. The number of unbranched alkanes of at least 4 members (excludes halogenated alkanes) is 26. The summed E-state index contributed by atoms with van der Waals surface area (Å²) in [5, 5.41) is 0. The summed E-state index contributed by atoms with van der Waals surface area (Å²) < 4.78 is 34.0. The molecule has 0 saturated heterocycles. The van der Waals surface area contributed by atoms with Gasteiger partial charge < -0.3 is 27.9 Å². The molecule has 0 aliphatic carbocycles. The van der Waals surface area contributed by atoms with Crippen molar-refractivity contribution in [1.82, 2.24) is 0 Å². The van der Waals surface area contributed by atoms with Gasteiger partial charge in [-0.25, -0.2) is 0 Å². The van der Waals surface area contributed by atoms with Crippen LogP contribution in [0.3, 0.4) is 0 Å². The first-order chi connectivity index (χ1) is 31.0. The fourth-order valence-corrected chi connectivity index (χ4v) is 7.92. The average Bonchev–Trinajstić information content (AvgIpc) is 3.25. The van der Waals surface area contributed by atoms with Gasteiger partial charge in [0.2, 0.25) is 0 Å². The summed E-state index contributed by atoms with van der Waals surface area (Å²) in [5.41, 5.74) is 0. The van der Waals surface area contributed by atoms with E-state index in [1.165, 1.54) is 128 Å². The fraction of sp³-hybridized carbons (Fsp3) is 0.815. The molecule has 0 amide bonds. The molecule has 0 aliphatic heterocycles. The number of nitrogens with zero attached hydrogens (tertiary/aromatic N) is 1. The van der Waals surface area contributed by atoms with Gasteiger partial charge in [-0.3, -0.25) is 14.2 Å². The zero-order valence-electron chi connectivity index (χ0n) is 42.2. The molecule has 10 heteroatoms. The van der Waals surface area contributed by atoms with Gasteiger partial charge in [0, 0.05) is 12.8 Å². The van der Waals surface area contributed by atoms with Crippen LogP contribution in [0.2, 0.25) is 0 Å². The number of carbonyl (C=O) groups excluding carboxylic acids is 2. The minimum absolute atomic E-state index is 0.0330. The van der Waals surface area contributed by atoms with Crippen LogP contribution in [0.5, 0.6) is 0 Å². The van der Waals surface area contributed by atoms with Crippen molar-refractivity contribution in [2.75, 3.05) is 47.5 Å². The number of rotatable bonds is 48. The fourth-order valence-electron chi connectivity index (χ4n) is 7.19. The third kappa shape index (κ3) is 49.4. The first-order valence-electron chi connectivity index (χ1n) is 26.3. The van der Waals surface area contributed by atoms with E-state index in [1.807, 2.05) is 21.1 Å². The highest BCUT2D eigenvalue weighted by Crippen LogP contribution is 2.38. The van der Waals surface area contributed by atoms with E-state index in [1.54, 1.807) is 0 Å². The van der Waals surface area contributed by atoms with Crippen molar-refractivity contribution in [3.63, 3.8) is 0 Å². The molecule has 0 aliphatic rings. The van der Waals surface area contributed by atoms with E-state index in [0.29, 0.717) is 17.4 Å². The summed E-state index contributed by atoms with van der Waals surface area (Å²) in [6, 6.07) is 0. The van der Waals surface area contributed by atoms with Crippen molar-refractivity contribution in [3.8, 4) is 0 Å². The lowest BCUT2D eigenvalue weighted by Gasteiger charge is -2.28. The van der Waals surface area contributed by atoms with Gasteiger partial charge in [-0.2, -0.15) is 0 Å². The van der Waals surface area contributed by atoms with E-state index < -0.39 is 32.5 Å². The number of phosphoric ester groups is 1. The van der Waals surface area contributed by atoms with Crippen LogP contribution in [0.4, 0.5) is 0 Å². The van der Waals surface area contributed by atoms with Crippen LogP contribution in [-0.2, 0) is 32.7 Å². The first-order valence-corrected chi connectivity index (χ1v) is 27.8. The monoisotopic (exact) mass is 922 g/mol. The predicted octanol–water partition coefficient (Wildman–Crippen LogP) is 15.2. The van der Waals surface area contributed by atoms with Gasteiger partial charge in [0.1, 0.15) is 19.8 Å². The van der Waals surface area contributed by atoms with Crippen molar-refractivity contribution in [2.45, 2.75) is 238 Å². The average molecular weight is 922 g/mol. The highest BCUT2D eigenvalue weighted by molar-refractivity contribution is 7.45. The molecule has 0 saturated carbocycles. The Balaban J connectivity index is 4.17. The zero-order valence-corrected chi connectivity index (χ0v) is 43.1. The molecule has 0 spiro atoms. The molecule has 64 heavy (non-hydrogen) atoms. The number of ether oxygens (including phenoxy) is 2. The summed E-state index contributed by atoms with van der Waals surface area (Å²) >= 11 is 0. The van der Waals surface area contributed by atoms with E-state index in [9.17, 15) is 19.0 Å². The Morgan fingerprint density at radius 2 is 0.844 bits per heavy atom. The summed E-state index contributed by atoms with van der Waals surface area (Å²) in [6.45, 7) is 4.20. The largest absolute Gasteiger partial charge is 0.756 e. The van der Waals surface area contributed by atoms with Gasteiger partial charge in [-0.05, 0) is 77.0 Å². The summed E-state index contributed by atoms with van der Waals surface area (Å²) in [5.74, 6) is -0.843. The maximum atomic E-state index is 12.7. The molecule has 0 rings (SSSR count). The molecule has 0 N–H and O–H groups in total. The molecular weight excluding hydrogens is 822 g/mol. The van der Waals surface area contributed by atoms with Crippen molar-refractivity contribution in [2.24, 2.45) is 0 Å². The Hall–Kier alpha value is -2.03. The van der Waals surface area contributed by atoms with Crippen LogP contribution < -0.4 is 4.89 Å². The van der Waals surface area contributed by atoms with E-state index in [2.05, 4.69) is 62.5 Å². The number of carbonyl (C=O) groups is 2. The number of esters is 2. The molecule has 0 fully saturated rings. The Labute approximate surface area is 394 Å². The summed E-state index contributed by atoms with van der Waals surface area (Å²) in [4.78, 5) is 37.7. The topological polar surface area (TPSA) is 111 Å². The standard InChI is InChI=1S/C54H100NO8P/c1-6-8-10-12-14-16-18-20-21-22-23-24-25-26-27-28-29-30-31-32-33-35-37-39-41-43-45-47-54(57)63-52(51-62-64(58,59)61-49-48-55(3,4)5)50-60-53(56)46-44-42-40-38-36-34-19-17-15-13-11-9-7-2/h17-20,22-23,25-26,52H,6-16,21,24,27-51H2,1-5H3/b19-17-,20-18-,23-22-,26-25-. The van der Waals surface area contributed by atoms with Crippen LogP contribution in [-0.4, -0.2) is 70.0 Å². The highest BCUT2D eigenvalue weighted by Gasteiger charge is 2.21. The number of phosphoric acid groups is 1. The van der Waals surface area contributed by atoms with Crippen molar-refractivity contribution in [3.05, 3.63) is 48.6 Å². The molecule has 0 aromatic carbocycles. The lowest BCUT2D eigenvalue weighted by atomic mass is 10.0. The molecule has 0 aromatic heterocycles. The van der Waals surface area contributed by atoms with E-state index in [-0.39, 0.29) is 26.1 Å². The summed E-state index contributed by atoms with van der Waals surface area (Å²) in [6.07, 6.45) is 55.8. The Morgan fingerprint density at radius 3 is 1.28 bits per heavy atom. The van der Waals surface area contributed by atoms with Gasteiger partial charge in [0.15, 0.2) is 6.10 Å². The second kappa shape index (κ2) is 46.1. The van der Waals surface area contributed by atoms with E-state index in [4.69, 9.17) is 18.5 Å². The van der Waals surface area contributed by atoms with Gasteiger partial charge in [-0.1, -0.05) is 191 Å². The van der Waals surface area contributed by atoms with Crippen molar-refractivity contribution < 1.29 is 42.1 Å². The second-order valence-electron chi connectivity index (χ2n) is 18.9. The molecule has 9 nitrogen and oxygen atoms in total. The van der Waals surface area contributed by atoms with Crippen LogP contribution in [0.25, 0.3) is 0 Å². The van der Waals surface area contributed by atoms with Crippen molar-refractivity contribution >= 4 is 19.8 Å². The maximum Gasteiger partial charge on any atom is 0.306 e. The van der Waals surface area contributed by atoms with Gasteiger partial charge >= 0.3 is 11.9 Å². The SMILES string of the molecule is CCCCCC/C=C\CCCCCCCC(=O)OCC(COP(=O)([O-])OCC[N+](C)(C)C)OC(=O)CCCCCCCCCCCCCC/C=C\C/C=C\C/C=C\CCCCCCC. The molecule has 0 heterocycles. The Bertz CT molecular complexity index is 1230. The first kappa shape index (κ1) is 62.0. The van der Waals surface area contributed by atoms with Crippen LogP contribution in [0.1, 0.15) is 232 Å². The van der Waals surface area contributed by atoms with Gasteiger partial charge in [0.05, 0.1) is 27.7 Å². The lowest BCUT2D eigenvalue weighted by Crippen LogP contribution is -2.37. The minimum Gasteiger partial charge on any atom is -0.756 e. The molecule has 2 unspecified atom stereocenters. The number of allylic oxidation sites excluding steroid dienone is 8. The number of hydrogen-bond acceptors (Lipinski definition) is 8. The third-order valence-corrected chi connectivity index (χ3v) is 12.3. The molecule has 0 aromatic rings. The molecule has 2 atom stereocenters. The maximum absolute atomic E-state index is 12.7. The smallest absolute Gasteiger partial charge is 0.306 e. The quantitative estimate of drug-likeness (QED) is 0.0195. The Morgan fingerprint density at radius 1 is 0.484 bits per heavy atom. The number of hydrogen-bond donors (Lipinski definition) is 0. The molecule has 0 bridgehead atoms. The number of quaternary nitrogens is 1. The van der Waals surface area contributed by atoms with Crippen LogP contribution in [0.15, 0.2) is 48.6 Å². The highest BCUT2D eigenvalue weighted by atomic mass is 31.2. The van der Waals surface area contributed by atoms with Gasteiger partial charge in [-0.15, -0.1) is 0 Å². The lowest BCUT2D eigenvalue weighted by molar-refractivity contribution is -0.870. The van der Waals surface area contributed by atoms with Crippen LogP contribution in [0, 0.1) is 0 Å². The molecule has 0 radical (unpaired) electrons. The summed E-state index contributed by atoms with van der Waals surface area (Å²) in [7, 11) is 1.16. The normalized spacial score (nSPS) is 13.8. The number of likely N-dealkylation sites (N-methyl/N-ethyl adjacent to an activating group) is 1. The van der Waals surface area contributed by atoms with Crippen molar-refractivity contribution in [1.29, 1.82) is 0 Å². The molecule has 374 valence electrons. The van der Waals surface area contributed by atoms with E-state index >= 15 is 0 Å². The Kier molecular flexibility index (Phi) is 44.6. The van der Waals surface area contributed by atoms with E-state index in [0.717, 1.165) is 70.6 Å².